The number of amides is 2. The number of nitrogens with two attached hydrogens (primary N) is 1. The number of primary amides is 1. The van der Waals surface area contributed by atoms with Crippen molar-refractivity contribution < 1.29 is 14.3 Å². The summed E-state index contributed by atoms with van der Waals surface area (Å²) >= 11 is 4.83. The first-order valence-corrected chi connectivity index (χ1v) is 10.1. The molecular weight excluding hydrogens is 416 g/mol. The van der Waals surface area contributed by atoms with Gasteiger partial charge in [0.2, 0.25) is 0 Å². The highest BCUT2D eigenvalue weighted by Crippen LogP contribution is 2.39. The van der Waals surface area contributed by atoms with E-state index < -0.39 is 12.0 Å². The lowest BCUT2D eigenvalue weighted by Gasteiger charge is -2.18. The summed E-state index contributed by atoms with van der Waals surface area (Å²) in [6.07, 6.45) is 2.06. The minimum Gasteiger partial charge on any atom is -0.481 e. The maximum Gasteiger partial charge on any atom is 0.265 e. The van der Waals surface area contributed by atoms with Crippen molar-refractivity contribution in [2.24, 2.45) is 11.7 Å². The smallest absolute Gasteiger partial charge is 0.265 e. The van der Waals surface area contributed by atoms with Crippen LogP contribution in [0.3, 0.4) is 0 Å². The molecule has 0 bridgehead atoms. The van der Waals surface area contributed by atoms with Gasteiger partial charge in [-0.15, -0.1) is 11.3 Å². The number of thiophene rings is 1. The summed E-state index contributed by atoms with van der Waals surface area (Å²) < 4.78 is 6.57. The molecule has 0 spiro atoms. The fraction of sp³-hybridized carbons (Fsp3) is 0.368. The molecule has 3 rings (SSSR count). The molecule has 2 amide bonds. The summed E-state index contributed by atoms with van der Waals surface area (Å²) in [4.78, 5) is 25.7. The van der Waals surface area contributed by atoms with Gasteiger partial charge in [-0.05, 0) is 55.9 Å². The van der Waals surface area contributed by atoms with Crippen LogP contribution in [-0.2, 0) is 17.6 Å². The largest absolute Gasteiger partial charge is 0.481 e. The van der Waals surface area contributed by atoms with E-state index in [-0.39, 0.29) is 5.91 Å². The molecule has 1 aromatic heterocycles. The number of ether oxygens (including phenoxy) is 1. The molecule has 2 atom stereocenters. The number of hydrogen-bond donors (Lipinski definition) is 2. The molecule has 2 aromatic rings. The lowest BCUT2D eigenvalue weighted by molar-refractivity contribution is -0.122. The van der Waals surface area contributed by atoms with Gasteiger partial charge >= 0.3 is 0 Å². The molecule has 3 N–H and O–H groups in total. The van der Waals surface area contributed by atoms with E-state index in [9.17, 15) is 9.59 Å². The van der Waals surface area contributed by atoms with Gasteiger partial charge in [0.05, 0.1) is 5.56 Å². The Balaban J connectivity index is 1.77. The molecule has 7 heteroatoms. The van der Waals surface area contributed by atoms with E-state index in [1.165, 1.54) is 11.3 Å². The fourth-order valence-corrected chi connectivity index (χ4v) is 4.91. The standard InChI is InChI=1S/C19H21BrN2O3S/c1-10-6-7-14-15(8-10)26-19(16(14)17(21)23)22-18(24)11(2)25-13-5-3-4-12(20)9-13/h3-5,9-11H,6-8H2,1-2H3,(H2,21,23)(H,22,24)/t10-,11+/m1/s1. The molecule has 1 aliphatic carbocycles. The summed E-state index contributed by atoms with van der Waals surface area (Å²) in [5.41, 5.74) is 7.04. The van der Waals surface area contributed by atoms with Crippen LogP contribution in [0.15, 0.2) is 28.7 Å². The minimum absolute atomic E-state index is 0.306. The Morgan fingerprint density at radius 2 is 2.19 bits per heavy atom. The third-order valence-electron chi connectivity index (χ3n) is 4.47. The zero-order valence-electron chi connectivity index (χ0n) is 14.7. The van der Waals surface area contributed by atoms with Gasteiger partial charge in [0.25, 0.3) is 11.8 Å². The van der Waals surface area contributed by atoms with Gasteiger partial charge < -0.3 is 15.8 Å². The van der Waals surface area contributed by atoms with Crippen molar-refractivity contribution in [3.8, 4) is 5.75 Å². The minimum atomic E-state index is -0.705. The van der Waals surface area contributed by atoms with Gasteiger partial charge in [0.1, 0.15) is 10.8 Å². The molecule has 26 heavy (non-hydrogen) atoms. The van der Waals surface area contributed by atoms with Crippen LogP contribution >= 0.6 is 27.3 Å². The normalized spacial score (nSPS) is 17.3. The van der Waals surface area contributed by atoms with E-state index >= 15 is 0 Å². The van der Waals surface area contributed by atoms with Gasteiger partial charge in [0.15, 0.2) is 6.10 Å². The highest BCUT2D eigenvalue weighted by molar-refractivity contribution is 9.10. The third kappa shape index (κ3) is 4.10. The Morgan fingerprint density at radius 3 is 2.88 bits per heavy atom. The molecule has 1 aromatic carbocycles. The molecule has 5 nitrogen and oxygen atoms in total. The van der Waals surface area contributed by atoms with Gasteiger partial charge in [-0.25, -0.2) is 0 Å². The predicted molar refractivity (Wildman–Crippen MR) is 107 cm³/mol. The van der Waals surface area contributed by atoms with Crippen LogP contribution in [-0.4, -0.2) is 17.9 Å². The number of carbonyl (C=O) groups excluding carboxylic acids is 2. The van der Waals surface area contributed by atoms with E-state index in [2.05, 4.69) is 28.2 Å². The lowest BCUT2D eigenvalue weighted by Crippen LogP contribution is -2.30. The first-order chi connectivity index (χ1) is 12.3. The maximum absolute atomic E-state index is 12.6. The quantitative estimate of drug-likeness (QED) is 0.738. The fourth-order valence-electron chi connectivity index (χ4n) is 3.11. The molecule has 1 aliphatic rings. The number of fused-ring (bicyclic) bond motifs is 1. The Bertz CT molecular complexity index is 849. The monoisotopic (exact) mass is 436 g/mol. The second-order valence-corrected chi connectivity index (χ2v) is 8.65. The number of hydrogen-bond acceptors (Lipinski definition) is 4. The average molecular weight is 437 g/mol. The molecule has 0 fully saturated rings. The summed E-state index contributed by atoms with van der Waals surface area (Å²) in [6, 6.07) is 7.30. The van der Waals surface area contributed by atoms with Crippen molar-refractivity contribution in [1.29, 1.82) is 0 Å². The second kappa shape index (κ2) is 7.80. The van der Waals surface area contributed by atoms with Crippen molar-refractivity contribution in [2.75, 3.05) is 5.32 Å². The van der Waals surface area contributed by atoms with Crippen LogP contribution < -0.4 is 15.8 Å². The first-order valence-electron chi connectivity index (χ1n) is 8.52. The van der Waals surface area contributed by atoms with Gasteiger partial charge in [-0.1, -0.05) is 28.9 Å². The molecule has 0 saturated heterocycles. The number of halogens is 1. The maximum atomic E-state index is 12.6. The van der Waals surface area contributed by atoms with Crippen molar-refractivity contribution in [1.82, 2.24) is 0 Å². The van der Waals surface area contributed by atoms with Gasteiger partial charge in [0, 0.05) is 9.35 Å². The van der Waals surface area contributed by atoms with Gasteiger partial charge in [-0.2, -0.15) is 0 Å². The van der Waals surface area contributed by atoms with E-state index in [0.29, 0.717) is 22.2 Å². The predicted octanol–water partition coefficient (Wildman–Crippen LogP) is 4.14. The van der Waals surface area contributed by atoms with Crippen LogP contribution in [0.25, 0.3) is 0 Å². The van der Waals surface area contributed by atoms with Crippen LogP contribution in [0.5, 0.6) is 5.75 Å². The molecule has 0 radical (unpaired) electrons. The van der Waals surface area contributed by atoms with Crippen LogP contribution in [0.2, 0.25) is 0 Å². The SMILES string of the molecule is C[C@@H]1CCc2c(sc(NC(=O)[C@H](C)Oc3cccc(Br)c3)c2C(N)=O)C1. The topological polar surface area (TPSA) is 81.4 Å². The summed E-state index contributed by atoms with van der Waals surface area (Å²) in [7, 11) is 0. The average Bonchev–Trinajstić information content (AvgIpc) is 2.91. The van der Waals surface area contributed by atoms with E-state index in [1.807, 2.05) is 12.1 Å². The second-order valence-electron chi connectivity index (χ2n) is 6.63. The molecule has 0 unspecified atom stereocenters. The molecule has 1 heterocycles. The van der Waals surface area contributed by atoms with Crippen LogP contribution in [0.1, 0.15) is 41.1 Å². The number of rotatable bonds is 5. The van der Waals surface area contributed by atoms with Crippen molar-refractivity contribution >= 4 is 44.1 Å². The number of anilines is 1. The first kappa shape index (κ1) is 18.9. The highest BCUT2D eigenvalue weighted by atomic mass is 79.9. The summed E-state index contributed by atoms with van der Waals surface area (Å²) in [5, 5.41) is 3.37. The number of nitrogens with one attached hydrogen (secondary N) is 1. The zero-order valence-corrected chi connectivity index (χ0v) is 17.1. The Labute approximate surface area is 165 Å². The van der Waals surface area contributed by atoms with Crippen LogP contribution in [0, 0.1) is 5.92 Å². The Hall–Kier alpha value is -1.86. The Morgan fingerprint density at radius 1 is 1.42 bits per heavy atom. The summed E-state index contributed by atoms with van der Waals surface area (Å²) in [5.74, 6) is 0.368. The number of benzene rings is 1. The summed E-state index contributed by atoms with van der Waals surface area (Å²) in [6.45, 7) is 3.87. The van der Waals surface area contributed by atoms with Crippen molar-refractivity contribution in [3.63, 3.8) is 0 Å². The lowest BCUT2D eigenvalue weighted by atomic mass is 9.88. The van der Waals surface area contributed by atoms with Crippen molar-refractivity contribution in [3.05, 3.63) is 44.7 Å². The molecule has 138 valence electrons. The third-order valence-corrected chi connectivity index (χ3v) is 6.14. The molecule has 0 saturated carbocycles. The zero-order chi connectivity index (χ0) is 18.8. The Kier molecular flexibility index (Phi) is 5.67. The van der Waals surface area contributed by atoms with E-state index in [0.717, 1.165) is 34.2 Å². The van der Waals surface area contributed by atoms with Crippen molar-refractivity contribution in [2.45, 2.75) is 39.2 Å². The molecule has 0 aliphatic heterocycles. The highest BCUT2D eigenvalue weighted by Gasteiger charge is 2.28. The van der Waals surface area contributed by atoms with E-state index in [1.54, 1.807) is 19.1 Å². The number of carbonyl (C=O) groups is 2. The molecular formula is C19H21BrN2O3S. The van der Waals surface area contributed by atoms with Crippen LogP contribution in [0.4, 0.5) is 5.00 Å². The van der Waals surface area contributed by atoms with Gasteiger partial charge in [-0.3, -0.25) is 9.59 Å². The van der Waals surface area contributed by atoms with E-state index in [4.69, 9.17) is 10.5 Å².